The molecule has 5 rings (SSSR count). The summed E-state index contributed by atoms with van der Waals surface area (Å²) in [5, 5.41) is 63.7. The van der Waals surface area contributed by atoms with E-state index in [4.69, 9.17) is 75.9 Å². The van der Waals surface area contributed by atoms with Crippen molar-refractivity contribution in [1.29, 1.82) is 0 Å². The number of rotatable bonds is 10. The molecule has 286 valence electrons. The van der Waals surface area contributed by atoms with Gasteiger partial charge in [0.05, 0.1) is 53.1 Å². The number of carboxylic acid groups (broad SMARTS) is 1. The third-order valence-electron chi connectivity index (χ3n) is 9.00. The largest absolute Gasteiger partial charge is 0.481 e. The van der Waals surface area contributed by atoms with E-state index in [1.165, 1.54) is 0 Å². The first-order valence-electron chi connectivity index (χ1n) is 16.3. The molecule has 0 aromatic heterocycles. The smallest absolute Gasteiger partial charge is 0.307 e. The fourth-order valence-electron chi connectivity index (χ4n) is 6.14. The van der Waals surface area contributed by atoms with Crippen molar-refractivity contribution in [2.45, 2.75) is 105 Å². The molecular weight excluding hydrogens is 715 g/mol. The Morgan fingerprint density at radius 3 is 1.98 bits per heavy atom. The molecule has 1 saturated carbocycles. The Morgan fingerprint density at radius 1 is 0.804 bits per heavy atom. The number of carbonyl (C=O) groups is 1. The summed E-state index contributed by atoms with van der Waals surface area (Å²) in [6.45, 7) is -0.499. The highest BCUT2D eigenvalue weighted by molar-refractivity contribution is 6.39. The van der Waals surface area contributed by atoms with E-state index in [0.717, 1.165) is 0 Å². The number of hydrogen-bond acceptors (Lipinski definition) is 16. The summed E-state index contributed by atoms with van der Waals surface area (Å²) >= 11 is 12.1. The first-order chi connectivity index (χ1) is 24.2. The van der Waals surface area contributed by atoms with Crippen molar-refractivity contribution in [2.24, 2.45) is 28.7 Å². The molecule has 2 heterocycles. The van der Waals surface area contributed by atoms with E-state index in [0.29, 0.717) is 27.0 Å². The number of nitrogens with two attached hydrogens (primary N) is 5. The van der Waals surface area contributed by atoms with Crippen molar-refractivity contribution in [3.63, 3.8) is 0 Å². The van der Waals surface area contributed by atoms with E-state index in [1.807, 2.05) is 6.07 Å². The van der Waals surface area contributed by atoms with Crippen LogP contribution < -0.4 is 34.0 Å². The second kappa shape index (κ2) is 18.7. The molecule has 3 fully saturated rings. The minimum Gasteiger partial charge on any atom is -0.481 e. The van der Waals surface area contributed by atoms with E-state index >= 15 is 0 Å². The molecule has 17 N–H and O–H groups in total. The molecule has 3 aliphatic rings. The van der Waals surface area contributed by atoms with Gasteiger partial charge < -0.3 is 83.6 Å². The lowest BCUT2D eigenvalue weighted by Gasteiger charge is -2.47. The average molecular weight is 764 g/mol. The van der Waals surface area contributed by atoms with Gasteiger partial charge >= 0.3 is 5.97 Å². The molecule has 0 spiro atoms. The summed E-state index contributed by atoms with van der Waals surface area (Å²) in [6, 6.07) is 9.07. The molecular formula is C32H48Cl2N6O11. The highest BCUT2D eigenvalue weighted by atomic mass is 35.5. The van der Waals surface area contributed by atoms with Crippen LogP contribution in [0.15, 0.2) is 42.5 Å². The average Bonchev–Trinajstić information content (AvgIpc) is 3.08. The Kier molecular flexibility index (Phi) is 15.2. The van der Waals surface area contributed by atoms with Crippen LogP contribution in [0.2, 0.25) is 10.0 Å². The number of aliphatic hydroxyl groups excluding tert-OH is 5. The predicted octanol–water partition coefficient (Wildman–Crippen LogP) is -1.93. The fraction of sp³-hybridized carbons (Fsp3) is 0.594. The maximum Gasteiger partial charge on any atom is 0.307 e. The van der Waals surface area contributed by atoms with E-state index in [-0.39, 0.29) is 25.8 Å². The van der Waals surface area contributed by atoms with Crippen LogP contribution in [0.4, 0.5) is 11.4 Å². The number of ether oxygens (including phenoxy) is 4. The molecule has 2 aromatic rings. The van der Waals surface area contributed by atoms with Gasteiger partial charge in [0, 0.05) is 24.3 Å². The van der Waals surface area contributed by atoms with Crippen molar-refractivity contribution < 1.29 is 54.4 Å². The highest BCUT2D eigenvalue weighted by Crippen LogP contribution is 2.34. The van der Waals surface area contributed by atoms with Crippen molar-refractivity contribution >= 4 is 40.5 Å². The van der Waals surface area contributed by atoms with Crippen LogP contribution in [-0.4, -0.2) is 135 Å². The lowest BCUT2D eigenvalue weighted by molar-refractivity contribution is -0.314. The van der Waals surface area contributed by atoms with Crippen molar-refractivity contribution in [3.8, 4) is 0 Å². The summed E-state index contributed by atoms with van der Waals surface area (Å²) in [6.07, 6.45) is -10.8. The summed E-state index contributed by atoms with van der Waals surface area (Å²) in [7, 11) is 0. The number of hydrogen-bond donors (Lipinski definition) is 12. The Bertz CT molecular complexity index is 1420. The van der Waals surface area contributed by atoms with Gasteiger partial charge in [-0.05, 0) is 36.6 Å². The zero-order valence-electron chi connectivity index (χ0n) is 27.5. The SMILES string of the molecule is NC[C@H]1O[C@H](O[C@H]2[C@H](O)[C@@H](O[C@H]3O[C@H](CO)[C@@H](O)[C@H](N)[C@H]3O)[C@H](N)C[C@@H]2N)[C@H](N)C[C@@H]1O.O=C(O)Cc1ccccc1Nc1c(Cl)cccc1Cl. The number of aliphatic carboxylic acids is 1. The number of benzene rings is 2. The minimum absolute atomic E-state index is 0.0542. The fourth-order valence-corrected chi connectivity index (χ4v) is 6.63. The van der Waals surface area contributed by atoms with Gasteiger partial charge in [-0.2, -0.15) is 0 Å². The molecule has 1 aliphatic carbocycles. The summed E-state index contributed by atoms with van der Waals surface area (Å²) in [5.41, 5.74) is 31.7. The van der Waals surface area contributed by atoms with Crippen molar-refractivity contribution in [3.05, 3.63) is 58.1 Å². The normalized spacial score (nSPS) is 36.9. The van der Waals surface area contributed by atoms with Gasteiger partial charge in [0.25, 0.3) is 0 Å². The summed E-state index contributed by atoms with van der Waals surface area (Å²) in [4.78, 5) is 10.8. The molecule has 0 amide bonds. The number of carboxylic acids is 1. The Morgan fingerprint density at radius 2 is 1.39 bits per heavy atom. The second-order valence-electron chi connectivity index (χ2n) is 12.7. The lowest BCUT2D eigenvalue weighted by atomic mass is 9.84. The zero-order valence-corrected chi connectivity index (χ0v) is 29.0. The minimum atomic E-state index is -1.44. The first-order valence-corrected chi connectivity index (χ1v) is 17.1. The van der Waals surface area contributed by atoms with E-state index in [2.05, 4.69) is 5.32 Å². The molecule has 14 atom stereocenters. The number of aliphatic hydroxyl groups is 5. The molecule has 2 saturated heterocycles. The van der Waals surface area contributed by atoms with Crippen LogP contribution in [0.1, 0.15) is 18.4 Å². The van der Waals surface area contributed by atoms with Crippen LogP contribution in [0.25, 0.3) is 0 Å². The van der Waals surface area contributed by atoms with Gasteiger partial charge in [0.2, 0.25) is 0 Å². The molecule has 0 radical (unpaired) electrons. The molecule has 2 aromatic carbocycles. The van der Waals surface area contributed by atoms with Gasteiger partial charge in [0.1, 0.15) is 36.6 Å². The summed E-state index contributed by atoms with van der Waals surface area (Å²) < 4.78 is 22.7. The van der Waals surface area contributed by atoms with E-state index < -0.39 is 98.2 Å². The second-order valence-corrected chi connectivity index (χ2v) is 13.5. The van der Waals surface area contributed by atoms with Crippen LogP contribution in [0.3, 0.4) is 0 Å². The van der Waals surface area contributed by atoms with Crippen LogP contribution in [-0.2, 0) is 30.2 Å². The van der Waals surface area contributed by atoms with Crippen LogP contribution in [0, 0.1) is 0 Å². The number of para-hydroxylation sites is 2. The topological polar surface area (TPSA) is 318 Å². The predicted molar refractivity (Wildman–Crippen MR) is 186 cm³/mol. The lowest BCUT2D eigenvalue weighted by Crippen LogP contribution is -2.68. The van der Waals surface area contributed by atoms with Crippen LogP contribution in [0.5, 0.6) is 0 Å². The van der Waals surface area contributed by atoms with Gasteiger partial charge in [-0.25, -0.2) is 0 Å². The van der Waals surface area contributed by atoms with Crippen molar-refractivity contribution in [1.82, 2.24) is 0 Å². The standard InChI is InChI=1S/C18H37N5O9.C14H11Cl2NO2/c19-3-9-8(25)2-7(22)17(29-9)31-15-5(20)1-6(21)16(14(15)28)32-18-13(27)11(23)12(26)10(4-24)30-18;15-10-5-3-6-11(16)14(10)17-12-7-2-1-4-9(12)8-13(18)19/h5-18,24-28H,1-4,19-23H2;1-7,17H,8H2,(H,18,19)/t5-,6+,7+,8-,9+,10+,11-,12+,13+,14-,15+,16-,17+,18+;/m0./s1. The third kappa shape index (κ3) is 10.2. The van der Waals surface area contributed by atoms with E-state index in [1.54, 1.807) is 36.4 Å². The molecule has 0 unspecified atom stereocenters. The molecule has 51 heavy (non-hydrogen) atoms. The molecule has 19 heteroatoms. The Balaban J connectivity index is 0.000000261. The number of anilines is 2. The summed E-state index contributed by atoms with van der Waals surface area (Å²) in [5.74, 6) is -0.889. The molecule has 17 nitrogen and oxygen atoms in total. The quantitative estimate of drug-likeness (QED) is 0.125. The Labute approximate surface area is 304 Å². The van der Waals surface area contributed by atoms with Gasteiger partial charge in [0.15, 0.2) is 12.6 Å². The van der Waals surface area contributed by atoms with Crippen LogP contribution >= 0.6 is 23.2 Å². The number of nitrogens with one attached hydrogen (secondary N) is 1. The van der Waals surface area contributed by atoms with Gasteiger partial charge in [-0.3, -0.25) is 4.79 Å². The third-order valence-corrected chi connectivity index (χ3v) is 9.63. The highest BCUT2D eigenvalue weighted by Gasteiger charge is 2.50. The zero-order chi connectivity index (χ0) is 37.6. The first kappa shape index (κ1) is 41.5. The maximum atomic E-state index is 11.0. The van der Waals surface area contributed by atoms with Gasteiger partial charge in [-0.15, -0.1) is 0 Å². The van der Waals surface area contributed by atoms with Crippen molar-refractivity contribution in [2.75, 3.05) is 18.5 Å². The van der Waals surface area contributed by atoms with Gasteiger partial charge in [-0.1, -0.05) is 47.5 Å². The number of halogens is 2. The molecule has 2 aliphatic heterocycles. The Hall–Kier alpha value is -2.27. The monoisotopic (exact) mass is 762 g/mol. The van der Waals surface area contributed by atoms with E-state index in [9.17, 15) is 30.3 Å². The maximum absolute atomic E-state index is 11.0. The molecule has 0 bridgehead atoms.